The number of ketones is 1. The van der Waals surface area contributed by atoms with E-state index in [1.54, 1.807) is 36.5 Å². The van der Waals surface area contributed by atoms with Gasteiger partial charge in [-0.1, -0.05) is 41.4 Å². The second kappa shape index (κ2) is 8.01. The molecule has 7 heteroatoms. The van der Waals surface area contributed by atoms with Crippen LogP contribution in [0.25, 0.3) is 0 Å². The predicted molar refractivity (Wildman–Crippen MR) is 114 cm³/mol. The summed E-state index contributed by atoms with van der Waals surface area (Å²) in [5.74, 6) is -0.465. The Labute approximate surface area is 178 Å². The molecule has 2 heterocycles. The van der Waals surface area contributed by atoms with E-state index in [1.165, 1.54) is 0 Å². The quantitative estimate of drug-likeness (QED) is 0.722. The number of carbonyl (C=O) groups excluding carboxylic acids is 2. The molecule has 1 aliphatic heterocycles. The lowest BCUT2D eigenvalue weighted by atomic mass is 9.75. The van der Waals surface area contributed by atoms with Crippen LogP contribution in [0.3, 0.4) is 0 Å². The SMILES string of the molecule is CC1=C(C(=O)Nc2ccccn2)[C@H](c2cccc(Cl)c2Cl)C2=C(CCCC2=O)N1. The van der Waals surface area contributed by atoms with Crippen LogP contribution in [0.1, 0.15) is 37.7 Å². The maximum Gasteiger partial charge on any atom is 0.255 e. The molecule has 0 radical (unpaired) electrons. The van der Waals surface area contributed by atoms with Gasteiger partial charge >= 0.3 is 0 Å². The molecule has 0 bridgehead atoms. The zero-order valence-electron chi connectivity index (χ0n) is 15.8. The molecule has 0 unspecified atom stereocenters. The van der Waals surface area contributed by atoms with E-state index in [4.69, 9.17) is 23.2 Å². The van der Waals surface area contributed by atoms with Crippen molar-refractivity contribution in [2.24, 2.45) is 0 Å². The molecule has 2 aliphatic rings. The van der Waals surface area contributed by atoms with Gasteiger partial charge in [0.15, 0.2) is 5.78 Å². The minimum Gasteiger partial charge on any atom is -0.362 e. The van der Waals surface area contributed by atoms with E-state index in [0.717, 1.165) is 18.5 Å². The molecule has 0 fully saturated rings. The van der Waals surface area contributed by atoms with E-state index < -0.39 is 5.92 Å². The lowest BCUT2D eigenvalue weighted by molar-refractivity contribution is -0.116. The Bertz CT molecular complexity index is 1060. The third-order valence-corrected chi connectivity index (χ3v) is 6.05. The Morgan fingerprint density at radius 3 is 2.76 bits per heavy atom. The van der Waals surface area contributed by atoms with Crippen LogP contribution in [0, 0.1) is 0 Å². The second-order valence-corrected chi connectivity index (χ2v) is 7.86. The fourth-order valence-electron chi connectivity index (χ4n) is 3.96. The maximum absolute atomic E-state index is 13.3. The molecular formula is C22H19Cl2N3O2. The molecule has 148 valence electrons. The van der Waals surface area contributed by atoms with Crippen molar-refractivity contribution in [1.29, 1.82) is 0 Å². The van der Waals surface area contributed by atoms with E-state index in [9.17, 15) is 9.59 Å². The number of anilines is 1. The molecule has 1 amide bonds. The number of dihydropyridines is 1. The van der Waals surface area contributed by atoms with Gasteiger partial charge in [0.1, 0.15) is 5.82 Å². The Morgan fingerprint density at radius 2 is 2.00 bits per heavy atom. The lowest BCUT2D eigenvalue weighted by Gasteiger charge is -2.35. The minimum absolute atomic E-state index is 0.0235. The highest BCUT2D eigenvalue weighted by molar-refractivity contribution is 6.42. The van der Waals surface area contributed by atoms with Crippen molar-refractivity contribution in [2.75, 3.05) is 5.32 Å². The molecule has 1 aromatic heterocycles. The van der Waals surface area contributed by atoms with Crippen molar-refractivity contribution in [3.05, 3.63) is 80.7 Å². The fraction of sp³-hybridized carbons (Fsp3) is 0.227. The summed E-state index contributed by atoms with van der Waals surface area (Å²) in [5.41, 5.74) is 3.22. The number of nitrogens with zero attached hydrogens (tertiary/aromatic N) is 1. The molecule has 1 atom stereocenters. The van der Waals surface area contributed by atoms with Crippen LogP contribution in [0.15, 0.2) is 65.1 Å². The summed E-state index contributed by atoms with van der Waals surface area (Å²) in [6.07, 6.45) is 3.58. The van der Waals surface area contributed by atoms with Crippen LogP contribution >= 0.6 is 23.2 Å². The van der Waals surface area contributed by atoms with Gasteiger partial charge in [0.2, 0.25) is 0 Å². The highest BCUT2D eigenvalue weighted by atomic mass is 35.5. The maximum atomic E-state index is 13.3. The molecule has 4 rings (SSSR count). The highest BCUT2D eigenvalue weighted by Gasteiger charge is 2.39. The molecular weight excluding hydrogens is 409 g/mol. The first-order valence-electron chi connectivity index (χ1n) is 9.37. The van der Waals surface area contributed by atoms with Gasteiger partial charge in [0.25, 0.3) is 5.91 Å². The normalized spacial score (nSPS) is 19.0. The number of hydrogen-bond donors (Lipinski definition) is 2. The average Bonchev–Trinajstić information content (AvgIpc) is 2.70. The molecule has 2 aromatic rings. The van der Waals surface area contributed by atoms with Gasteiger partial charge in [0.05, 0.1) is 10.0 Å². The van der Waals surface area contributed by atoms with E-state index in [0.29, 0.717) is 44.7 Å². The van der Waals surface area contributed by atoms with Crippen molar-refractivity contribution < 1.29 is 9.59 Å². The molecule has 1 aromatic carbocycles. The van der Waals surface area contributed by atoms with Gasteiger partial charge in [-0.25, -0.2) is 4.98 Å². The summed E-state index contributed by atoms with van der Waals surface area (Å²) in [6, 6.07) is 10.6. The lowest BCUT2D eigenvalue weighted by Crippen LogP contribution is -2.35. The topological polar surface area (TPSA) is 71.1 Å². The van der Waals surface area contributed by atoms with Crippen LogP contribution in [0.5, 0.6) is 0 Å². The van der Waals surface area contributed by atoms with Gasteiger partial charge in [0, 0.05) is 41.1 Å². The number of halogens is 2. The van der Waals surface area contributed by atoms with Crippen LogP contribution in [0.4, 0.5) is 5.82 Å². The number of amides is 1. The van der Waals surface area contributed by atoms with E-state index >= 15 is 0 Å². The van der Waals surface area contributed by atoms with Crippen molar-refractivity contribution in [3.63, 3.8) is 0 Å². The zero-order chi connectivity index (χ0) is 20.5. The number of allylic oxidation sites excluding steroid dienone is 3. The number of Topliss-reactive ketones (excluding diaryl/α,β-unsaturated/α-hetero) is 1. The second-order valence-electron chi connectivity index (χ2n) is 7.08. The monoisotopic (exact) mass is 427 g/mol. The molecule has 29 heavy (non-hydrogen) atoms. The molecule has 0 saturated heterocycles. The van der Waals surface area contributed by atoms with Crippen molar-refractivity contribution in [1.82, 2.24) is 10.3 Å². The van der Waals surface area contributed by atoms with Crippen molar-refractivity contribution in [3.8, 4) is 0 Å². The zero-order valence-corrected chi connectivity index (χ0v) is 17.3. The number of nitrogens with one attached hydrogen (secondary N) is 2. The number of carbonyl (C=O) groups is 2. The van der Waals surface area contributed by atoms with Crippen molar-refractivity contribution in [2.45, 2.75) is 32.1 Å². The van der Waals surface area contributed by atoms with Gasteiger partial charge in [-0.3, -0.25) is 9.59 Å². The average molecular weight is 428 g/mol. The summed E-state index contributed by atoms with van der Waals surface area (Å²) in [4.78, 5) is 30.3. The predicted octanol–water partition coefficient (Wildman–Crippen LogP) is 5.00. The van der Waals surface area contributed by atoms with Crippen LogP contribution in [-0.2, 0) is 9.59 Å². The molecule has 2 N–H and O–H groups in total. The summed E-state index contributed by atoms with van der Waals surface area (Å²) in [7, 11) is 0. The summed E-state index contributed by atoms with van der Waals surface area (Å²) >= 11 is 12.8. The number of benzene rings is 1. The van der Waals surface area contributed by atoms with Gasteiger partial charge in [-0.2, -0.15) is 0 Å². The van der Waals surface area contributed by atoms with E-state index in [1.807, 2.05) is 13.0 Å². The molecule has 0 spiro atoms. The molecule has 5 nitrogen and oxygen atoms in total. The molecule has 0 saturated carbocycles. The first-order valence-corrected chi connectivity index (χ1v) is 10.1. The van der Waals surface area contributed by atoms with Gasteiger partial charge in [-0.05, 0) is 43.5 Å². The smallest absolute Gasteiger partial charge is 0.255 e. The van der Waals surface area contributed by atoms with Crippen LogP contribution in [0.2, 0.25) is 10.0 Å². The largest absolute Gasteiger partial charge is 0.362 e. The fourth-order valence-corrected chi connectivity index (χ4v) is 4.38. The van der Waals surface area contributed by atoms with Crippen LogP contribution in [-0.4, -0.2) is 16.7 Å². The summed E-state index contributed by atoms with van der Waals surface area (Å²) in [6.45, 7) is 1.83. The Kier molecular flexibility index (Phi) is 5.43. The first-order chi connectivity index (χ1) is 14.0. The summed E-state index contributed by atoms with van der Waals surface area (Å²) < 4.78 is 0. The van der Waals surface area contributed by atoms with Gasteiger partial charge < -0.3 is 10.6 Å². The highest BCUT2D eigenvalue weighted by Crippen LogP contribution is 2.45. The first kappa shape index (κ1) is 19.7. The van der Waals surface area contributed by atoms with Crippen molar-refractivity contribution >= 4 is 40.7 Å². The third kappa shape index (κ3) is 3.68. The number of aromatic nitrogens is 1. The number of hydrogen-bond acceptors (Lipinski definition) is 4. The molecule has 1 aliphatic carbocycles. The Balaban J connectivity index is 1.84. The van der Waals surface area contributed by atoms with E-state index in [2.05, 4.69) is 15.6 Å². The van der Waals surface area contributed by atoms with Crippen LogP contribution < -0.4 is 10.6 Å². The Hall–Kier alpha value is -2.63. The number of pyridine rings is 1. The number of rotatable bonds is 3. The summed E-state index contributed by atoms with van der Waals surface area (Å²) in [5, 5.41) is 6.84. The standard InChI is InChI=1S/C22H19Cl2N3O2/c1-12-18(22(29)27-17-10-2-3-11-25-17)19(13-6-4-7-14(23)21(13)24)20-15(26-12)8-5-9-16(20)28/h2-4,6-7,10-11,19,26H,5,8-9H2,1H3,(H,25,27,29)/t19-/m0/s1. The third-order valence-electron chi connectivity index (χ3n) is 5.22. The Morgan fingerprint density at radius 1 is 1.17 bits per heavy atom. The van der Waals surface area contributed by atoms with Gasteiger partial charge in [-0.15, -0.1) is 0 Å². The minimum atomic E-state index is -0.589. The van der Waals surface area contributed by atoms with E-state index in [-0.39, 0.29) is 11.7 Å².